The lowest BCUT2D eigenvalue weighted by Crippen LogP contribution is -2.54. The number of nitrogens with zero attached hydrogens (tertiary/aromatic N) is 3. The molecule has 0 saturated carbocycles. The Balaban J connectivity index is 1.64. The Morgan fingerprint density at radius 2 is 1.89 bits per heavy atom. The van der Waals surface area contributed by atoms with Crippen LogP contribution >= 0.6 is 0 Å². The van der Waals surface area contributed by atoms with Gasteiger partial charge in [0.15, 0.2) is 0 Å². The highest BCUT2D eigenvalue weighted by Gasteiger charge is 2.42. The average Bonchev–Trinajstić information content (AvgIpc) is 2.95. The second kappa shape index (κ2) is 7.76. The van der Waals surface area contributed by atoms with Crippen LogP contribution in [-0.2, 0) is 11.2 Å². The van der Waals surface area contributed by atoms with E-state index in [9.17, 15) is 9.59 Å². The number of ether oxygens (including phenoxy) is 1. The van der Waals surface area contributed by atoms with Gasteiger partial charge in [0.25, 0.3) is 0 Å². The first-order valence-corrected chi connectivity index (χ1v) is 9.63. The van der Waals surface area contributed by atoms with Gasteiger partial charge in [-0.15, -0.1) is 0 Å². The van der Waals surface area contributed by atoms with E-state index in [0.29, 0.717) is 32.7 Å². The van der Waals surface area contributed by atoms with E-state index < -0.39 is 5.60 Å². The van der Waals surface area contributed by atoms with Gasteiger partial charge in [-0.2, -0.15) is 0 Å². The van der Waals surface area contributed by atoms with Crippen LogP contribution in [0.15, 0.2) is 24.3 Å². The summed E-state index contributed by atoms with van der Waals surface area (Å²) < 4.78 is 5.47. The van der Waals surface area contributed by atoms with Crippen molar-refractivity contribution < 1.29 is 14.3 Å². The topological polar surface area (TPSA) is 79.1 Å². The number of hydrogen-bond acceptors (Lipinski definition) is 4. The van der Waals surface area contributed by atoms with Gasteiger partial charge in [-0.25, -0.2) is 9.59 Å². The number of benzene rings is 1. The van der Waals surface area contributed by atoms with Gasteiger partial charge in [-0.05, 0) is 57.9 Å². The normalized spacial score (nSPS) is 20.1. The maximum atomic E-state index is 12.8. The number of nitrogens with two attached hydrogens (primary N) is 1. The fourth-order valence-corrected chi connectivity index (χ4v) is 3.56. The highest BCUT2D eigenvalue weighted by atomic mass is 16.6. The zero-order chi connectivity index (χ0) is 19.6. The predicted octanol–water partition coefficient (Wildman–Crippen LogP) is 2.44. The molecule has 0 aromatic heterocycles. The molecule has 7 heteroatoms. The summed E-state index contributed by atoms with van der Waals surface area (Å²) in [5, 5.41) is 0. The van der Waals surface area contributed by atoms with E-state index in [4.69, 9.17) is 10.5 Å². The van der Waals surface area contributed by atoms with Gasteiger partial charge >= 0.3 is 12.1 Å². The van der Waals surface area contributed by atoms with Crippen LogP contribution < -0.4 is 10.6 Å². The van der Waals surface area contributed by atoms with Crippen LogP contribution in [0.5, 0.6) is 0 Å². The fourth-order valence-electron chi connectivity index (χ4n) is 3.56. The van der Waals surface area contributed by atoms with Crippen LogP contribution in [0.1, 0.15) is 32.8 Å². The van der Waals surface area contributed by atoms with Crippen LogP contribution in [-0.4, -0.2) is 66.3 Å². The molecule has 2 fully saturated rings. The minimum Gasteiger partial charge on any atom is -0.444 e. The van der Waals surface area contributed by atoms with E-state index in [2.05, 4.69) is 12.1 Å². The molecule has 1 aromatic rings. The lowest BCUT2D eigenvalue weighted by molar-refractivity contribution is 0.0128. The maximum Gasteiger partial charge on any atom is 0.410 e. The zero-order valence-electron chi connectivity index (χ0n) is 16.5. The molecule has 2 aliphatic rings. The minimum absolute atomic E-state index is 0.00400. The number of rotatable bonds is 4. The average molecular weight is 374 g/mol. The van der Waals surface area contributed by atoms with Crippen molar-refractivity contribution in [3.63, 3.8) is 0 Å². The molecular formula is C20H30N4O3. The van der Waals surface area contributed by atoms with Crippen molar-refractivity contribution in [3.8, 4) is 0 Å². The van der Waals surface area contributed by atoms with Gasteiger partial charge in [0.05, 0.1) is 6.04 Å². The van der Waals surface area contributed by atoms with Crippen molar-refractivity contribution in [2.45, 2.75) is 45.3 Å². The van der Waals surface area contributed by atoms with Crippen LogP contribution in [0.2, 0.25) is 0 Å². The summed E-state index contributed by atoms with van der Waals surface area (Å²) >= 11 is 0. The largest absolute Gasteiger partial charge is 0.444 e. The Hall–Kier alpha value is -2.28. The van der Waals surface area contributed by atoms with Crippen molar-refractivity contribution in [2.24, 2.45) is 5.73 Å². The number of aryl methyl sites for hydroxylation is 1. The van der Waals surface area contributed by atoms with Crippen LogP contribution in [0.3, 0.4) is 0 Å². The Morgan fingerprint density at radius 3 is 2.52 bits per heavy atom. The molecule has 148 valence electrons. The van der Waals surface area contributed by atoms with E-state index in [1.54, 1.807) is 9.80 Å². The number of amides is 3. The lowest BCUT2D eigenvalue weighted by Gasteiger charge is -2.36. The molecule has 27 heavy (non-hydrogen) atoms. The number of urea groups is 1. The molecule has 0 spiro atoms. The second-order valence-corrected chi connectivity index (χ2v) is 8.23. The number of fused-ring (bicyclic) bond motifs is 1. The molecule has 0 aliphatic carbocycles. The van der Waals surface area contributed by atoms with E-state index in [1.807, 2.05) is 37.8 Å². The van der Waals surface area contributed by atoms with Crippen molar-refractivity contribution in [1.82, 2.24) is 9.80 Å². The molecule has 0 bridgehead atoms. The summed E-state index contributed by atoms with van der Waals surface area (Å²) in [4.78, 5) is 30.5. The molecule has 2 aliphatic heterocycles. The third-order valence-corrected chi connectivity index (χ3v) is 4.92. The summed E-state index contributed by atoms with van der Waals surface area (Å²) in [6.45, 7) is 8.39. The molecule has 3 rings (SSSR count). The molecule has 1 atom stereocenters. The quantitative estimate of drug-likeness (QED) is 0.878. The molecule has 0 radical (unpaired) electrons. The first kappa shape index (κ1) is 19.5. The van der Waals surface area contributed by atoms with Gasteiger partial charge in [0, 0.05) is 31.9 Å². The zero-order valence-corrected chi connectivity index (χ0v) is 16.5. The van der Waals surface area contributed by atoms with Crippen molar-refractivity contribution in [2.75, 3.05) is 37.6 Å². The highest BCUT2D eigenvalue weighted by Crippen LogP contribution is 2.27. The van der Waals surface area contributed by atoms with Gasteiger partial charge in [-0.3, -0.25) is 4.90 Å². The summed E-state index contributed by atoms with van der Waals surface area (Å²) in [5.41, 5.74) is 7.17. The molecule has 2 N–H and O–H groups in total. The molecular weight excluding hydrogens is 344 g/mol. The minimum atomic E-state index is -0.516. The smallest absolute Gasteiger partial charge is 0.410 e. The van der Waals surface area contributed by atoms with Gasteiger partial charge in [-0.1, -0.05) is 12.1 Å². The highest BCUT2D eigenvalue weighted by molar-refractivity contribution is 5.95. The van der Waals surface area contributed by atoms with Crippen LogP contribution in [0.4, 0.5) is 15.3 Å². The van der Waals surface area contributed by atoms with Gasteiger partial charge < -0.3 is 20.3 Å². The van der Waals surface area contributed by atoms with E-state index in [1.165, 1.54) is 5.56 Å². The first-order chi connectivity index (χ1) is 12.8. The number of carbonyl (C=O) groups is 2. The van der Waals surface area contributed by atoms with Crippen LogP contribution in [0.25, 0.3) is 0 Å². The Kier molecular flexibility index (Phi) is 5.60. The standard InChI is InChI=1S/C20H30N4O3/c1-20(2,3)27-19(26)22-11-12-23-17(13-22)14-24(18(23)25)16-8-6-15(7-9-16)5-4-10-21/h6-9,17H,4-5,10-14,21H2,1-3H3. The van der Waals surface area contributed by atoms with E-state index >= 15 is 0 Å². The van der Waals surface area contributed by atoms with Gasteiger partial charge in [0.2, 0.25) is 0 Å². The van der Waals surface area contributed by atoms with Crippen LogP contribution in [0, 0.1) is 0 Å². The summed E-state index contributed by atoms with van der Waals surface area (Å²) in [6.07, 6.45) is 1.60. The molecule has 2 heterocycles. The summed E-state index contributed by atoms with van der Waals surface area (Å²) in [5.74, 6) is 0. The number of carbonyl (C=O) groups excluding carboxylic acids is 2. The molecule has 2 saturated heterocycles. The summed E-state index contributed by atoms with van der Waals surface area (Å²) in [6, 6.07) is 8.11. The molecule has 7 nitrogen and oxygen atoms in total. The SMILES string of the molecule is CC(C)(C)OC(=O)N1CCN2C(=O)N(c3ccc(CCCN)cc3)CC2C1. The number of piperazine rings is 1. The number of hydrogen-bond donors (Lipinski definition) is 1. The monoisotopic (exact) mass is 374 g/mol. The Labute approximate surface area is 161 Å². The van der Waals surface area contributed by atoms with Crippen molar-refractivity contribution in [3.05, 3.63) is 29.8 Å². The van der Waals surface area contributed by atoms with Gasteiger partial charge in [0.1, 0.15) is 5.60 Å². The lowest BCUT2D eigenvalue weighted by atomic mass is 10.1. The predicted molar refractivity (Wildman–Crippen MR) is 105 cm³/mol. The first-order valence-electron chi connectivity index (χ1n) is 9.63. The Morgan fingerprint density at radius 1 is 1.19 bits per heavy atom. The molecule has 3 amide bonds. The number of anilines is 1. The Bertz CT molecular complexity index is 683. The van der Waals surface area contributed by atoms with Crippen molar-refractivity contribution >= 4 is 17.8 Å². The maximum absolute atomic E-state index is 12.8. The fraction of sp³-hybridized carbons (Fsp3) is 0.600. The third-order valence-electron chi connectivity index (χ3n) is 4.92. The van der Waals surface area contributed by atoms with E-state index in [-0.39, 0.29) is 18.2 Å². The third kappa shape index (κ3) is 4.53. The molecule has 1 unspecified atom stereocenters. The summed E-state index contributed by atoms with van der Waals surface area (Å²) in [7, 11) is 0. The second-order valence-electron chi connectivity index (χ2n) is 8.23. The molecule has 1 aromatic carbocycles. The van der Waals surface area contributed by atoms with E-state index in [0.717, 1.165) is 18.5 Å². The van der Waals surface area contributed by atoms with Crippen molar-refractivity contribution in [1.29, 1.82) is 0 Å².